The van der Waals surface area contributed by atoms with Crippen molar-refractivity contribution in [3.05, 3.63) is 10.1 Å². The summed E-state index contributed by atoms with van der Waals surface area (Å²) in [6, 6.07) is 0. The van der Waals surface area contributed by atoms with E-state index in [1.54, 1.807) is 0 Å². The molecule has 0 unspecified atom stereocenters. The Bertz CT molecular complexity index is 37.9. The van der Waals surface area contributed by atoms with Gasteiger partial charge in [-0.15, -0.1) is 10.1 Å². The van der Waals surface area contributed by atoms with Crippen molar-refractivity contribution in [1.29, 1.82) is 0 Å². The van der Waals surface area contributed by atoms with Crippen molar-refractivity contribution < 1.29 is 47.6 Å². The van der Waals surface area contributed by atoms with Crippen molar-refractivity contribution >= 4 is 0 Å². The minimum Gasteiger partial charge on any atom is -1.00 e. The molecule has 0 aromatic carbocycles. The Balaban J connectivity index is -0.0000000150. The molecule has 0 aliphatic heterocycles. The summed E-state index contributed by atoms with van der Waals surface area (Å²) >= 11 is 0. The SMILES string of the molecule is O=[N+]([O-])O.[H-].[Li+].[Mn]. The third-order valence-electron chi connectivity index (χ3n) is 0. The van der Waals surface area contributed by atoms with Crippen LogP contribution in [0.4, 0.5) is 0 Å². The van der Waals surface area contributed by atoms with Gasteiger partial charge >= 0.3 is 18.9 Å². The van der Waals surface area contributed by atoms with Crippen LogP contribution in [0.2, 0.25) is 0 Å². The molecule has 33 valence electrons. The number of nitrogens with zero attached hydrogens (tertiary/aromatic N) is 1. The average molecular weight is 126 g/mol. The predicted molar refractivity (Wildman–Crippen MR) is 9.89 cm³/mol. The molecule has 0 heterocycles. The monoisotopic (exact) mass is 126 g/mol. The van der Waals surface area contributed by atoms with Crippen molar-refractivity contribution in [2.24, 2.45) is 0 Å². The summed E-state index contributed by atoms with van der Waals surface area (Å²) < 4.78 is 0. The van der Waals surface area contributed by atoms with Crippen LogP contribution in [0.25, 0.3) is 0 Å². The van der Waals surface area contributed by atoms with Crippen LogP contribution >= 0.6 is 0 Å². The maximum absolute atomic E-state index is 8.36. The van der Waals surface area contributed by atoms with E-state index >= 15 is 0 Å². The molecule has 0 aromatic rings. The predicted octanol–water partition coefficient (Wildman–Crippen LogP) is -3.23. The maximum Gasteiger partial charge on any atom is 1.00 e. The second-order valence-electron chi connectivity index (χ2n) is 0.238. The van der Waals surface area contributed by atoms with Crippen LogP contribution in [0.3, 0.4) is 0 Å². The number of hydrogen-bond donors (Lipinski definition) is 1. The molecule has 0 aromatic heterocycles. The Morgan fingerprint density at radius 1 is 1.83 bits per heavy atom. The van der Waals surface area contributed by atoms with Gasteiger partial charge in [-0.3, -0.25) is 0 Å². The van der Waals surface area contributed by atoms with Gasteiger partial charge < -0.3 is 6.63 Å². The number of rotatable bonds is 0. The Hall–Kier alpha value is 0.317. The van der Waals surface area contributed by atoms with Crippen LogP contribution in [0.1, 0.15) is 1.43 Å². The molecule has 6 heteroatoms. The summed E-state index contributed by atoms with van der Waals surface area (Å²) in [5, 5.41) is 13.6. The van der Waals surface area contributed by atoms with Gasteiger partial charge in [0.1, 0.15) is 0 Å². The van der Waals surface area contributed by atoms with E-state index in [-0.39, 0.29) is 37.4 Å². The summed E-state index contributed by atoms with van der Waals surface area (Å²) in [5.74, 6) is 0. The van der Waals surface area contributed by atoms with Gasteiger partial charge in [-0.1, -0.05) is 0 Å². The average Bonchev–Trinajstić information content (AvgIpc) is 0.811. The van der Waals surface area contributed by atoms with E-state index < -0.39 is 5.09 Å². The van der Waals surface area contributed by atoms with Crippen molar-refractivity contribution in [3.8, 4) is 0 Å². The minimum atomic E-state index is -1.50. The molecule has 0 saturated heterocycles. The molecular formula is H2LiMnNO3. The van der Waals surface area contributed by atoms with E-state index in [0.717, 1.165) is 0 Å². The van der Waals surface area contributed by atoms with Gasteiger partial charge in [0.25, 0.3) is 5.09 Å². The third kappa shape index (κ3) is 473. The topological polar surface area (TPSA) is 63.4 Å². The van der Waals surface area contributed by atoms with E-state index in [4.69, 9.17) is 15.3 Å². The summed E-state index contributed by atoms with van der Waals surface area (Å²) in [6.45, 7) is 0. The maximum atomic E-state index is 8.36. The van der Waals surface area contributed by atoms with E-state index in [0.29, 0.717) is 0 Å². The van der Waals surface area contributed by atoms with Gasteiger partial charge in [0, 0.05) is 17.1 Å². The molecule has 0 aliphatic carbocycles. The van der Waals surface area contributed by atoms with Gasteiger partial charge in [0.05, 0.1) is 0 Å². The zero-order valence-electron chi connectivity index (χ0n) is 4.09. The van der Waals surface area contributed by atoms with Gasteiger partial charge in [0.2, 0.25) is 0 Å². The van der Waals surface area contributed by atoms with E-state index in [2.05, 4.69) is 0 Å². The van der Waals surface area contributed by atoms with Gasteiger partial charge in [0.15, 0.2) is 0 Å². The van der Waals surface area contributed by atoms with Crippen LogP contribution in [0, 0.1) is 10.1 Å². The smallest absolute Gasteiger partial charge is 1.00 e. The second kappa shape index (κ2) is 9.01. The summed E-state index contributed by atoms with van der Waals surface area (Å²) in [5.41, 5.74) is 0. The van der Waals surface area contributed by atoms with Gasteiger partial charge in [-0.05, 0) is 0 Å². The van der Waals surface area contributed by atoms with Crippen molar-refractivity contribution in [3.63, 3.8) is 0 Å². The first-order valence-electron chi connectivity index (χ1n) is 0.565. The summed E-state index contributed by atoms with van der Waals surface area (Å²) in [7, 11) is 0. The molecule has 4 nitrogen and oxygen atoms in total. The zero-order valence-corrected chi connectivity index (χ0v) is 4.27. The molecule has 0 spiro atoms. The van der Waals surface area contributed by atoms with E-state index in [1.165, 1.54) is 0 Å². The van der Waals surface area contributed by atoms with Crippen LogP contribution in [-0.2, 0) is 17.1 Å². The second-order valence-corrected chi connectivity index (χ2v) is 0.238. The molecule has 0 atom stereocenters. The van der Waals surface area contributed by atoms with Gasteiger partial charge in [-0.2, -0.15) is 0 Å². The molecular weight excluding hydrogens is 124 g/mol. The van der Waals surface area contributed by atoms with Crippen LogP contribution in [0.15, 0.2) is 0 Å². The Kier molecular flexibility index (Phi) is 24.4. The Morgan fingerprint density at radius 2 is 1.83 bits per heavy atom. The normalized spacial score (nSPS) is 4.00. The fourth-order valence-corrected chi connectivity index (χ4v) is 0. The first-order valence-corrected chi connectivity index (χ1v) is 0.565. The molecule has 1 radical (unpaired) electrons. The quantitative estimate of drug-likeness (QED) is 0.211. The van der Waals surface area contributed by atoms with Crippen LogP contribution < -0.4 is 18.9 Å². The fraction of sp³-hybridized carbons (Fsp3) is 0. The van der Waals surface area contributed by atoms with E-state index in [1.807, 2.05) is 0 Å². The Labute approximate surface area is 58.2 Å². The standard InChI is InChI=1S/Li.Mn.HNO3.H/c;;2-1(3)4;/h;;(H,2,3,4);/q+1;;;-1. The first-order chi connectivity index (χ1) is 1.73. The molecule has 0 bridgehead atoms. The summed E-state index contributed by atoms with van der Waals surface area (Å²) in [6.07, 6.45) is 0. The first kappa shape index (κ1) is 16.2. The van der Waals surface area contributed by atoms with E-state index in [9.17, 15) is 0 Å². The molecule has 0 rings (SSSR count). The van der Waals surface area contributed by atoms with Gasteiger partial charge in [-0.25, -0.2) is 0 Å². The fourth-order valence-electron chi connectivity index (χ4n) is 0. The van der Waals surface area contributed by atoms with Crippen molar-refractivity contribution in [1.82, 2.24) is 0 Å². The largest absolute Gasteiger partial charge is 1.00 e. The molecule has 6 heavy (non-hydrogen) atoms. The van der Waals surface area contributed by atoms with Crippen LogP contribution in [0.5, 0.6) is 0 Å². The molecule has 0 saturated carbocycles. The molecule has 0 fully saturated rings. The van der Waals surface area contributed by atoms with Crippen molar-refractivity contribution in [2.45, 2.75) is 0 Å². The summed E-state index contributed by atoms with van der Waals surface area (Å²) in [4.78, 5) is 8.36. The Morgan fingerprint density at radius 3 is 1.83 bits per heavy atom. The molecule has 0 aliphatic rings. The van der Waals surface area contributed by atoms with Crippen molar-refractivity contribution in [2.75, 3.05) is 0 Å². The van der Waals surface area contributed by atoms with Crippen LogP contribution in [-0.4, -0.2) is 10.3 Å². The molecule has 1 N–H and O–H groups in total. The minimum absolute atomic E-state index is 0. The third-order valence-corrected chi connectivity index (χ3v) is 0. The number of hydrogen-bond acceptors (Lipinski definition) is 2. The molecule has 0 amide bonds. The zero-order chi connectivity index (χ0) is 3.58.